The second kappa shape index (κ2) is 7.44. The molecule has 0 saturated carbocycles. The summed E-state index contributed by atoms with van der Waals surface area (Å²) in [5, 5.41) is 7.57. The van der Waals surface area contributed by atoms with Crippen LogP contribution in [-0.2, 0) is 11.2 Å². The Labute approximate surface area is 141 Å². The zero-order chi connectivity index (χ0) is 16.9. The lowest BCUT2D eigenvalue weighted by molar-refractivity contribution is 0.0533. The van der Waals surface area contributed by atoms with Gasteiger partial charge in [-0.25, -0.2) is 14.5 Å². The van der Waals surface area contributed by atoms with Crippen molar-refractivity contribution in [1.82, 2.24) is 25.0 Å². The fourth-order valence-electron chi connectivity index (χ4n) is 2.91. The molecule has 2 aromatic rings. The van der Waals surface area contributed by atoms with Gasteiger partial charge in [0, 0.05) is 31.5 Å². The third-order valence-electron chi connectivity index (χ3n) is 4.26. The molecule has 1 aliphatic rings. The molecule has 24 heavy (non-hydrogen) atoms. The average Bonchev–Trinajstić information content (AvgIpc) is 2.91. The van der Waals surface area contributed by atoms with Gasteiger partial charge in [0.05, 0.1) is 18.9 Å². The highest BCUT2D eigenvalue weighted by atomic mass is 16.5. The highest BCUT2D eigenvalue weighted by Gasteiger charge is 2.17. The summed E-state index contributed by atoms with van der Waals surface area (Å²) in [7, 11) is 0. The van der Waals surface area contributed by atoms with Crippen molar-refractivity contribution in [2.24, 2.45) is 0 Å². The summed E-state index contributed by atoms with van der Waals surface area (Å²) in [5.74, 6) is 0.807. The molecular weight excluding hydrogens is 306 g/mol. The normalized spacial score (nSPS) is 14.7. The molecule has 2 amide bonds. The third kappa shape index (κ3) is 3.56. The number of aryl methyl sites for hydroxylation is 1. The summed E-state index contributed by atoms with van der Waals surface area (Å²) in [6.45, 7) is 7.15. The van der Waals surface area contributed by atoms with Crippen molar-refractivity contribution in [1.29, 1.82) is 0 Å². The topological polar surface area (TPSA) is 72.3 Å². The molecule has 0 atom stereocenters. The van der Waals surface area contributed by atoms with Crippen molar-refractivity contribution in [3.63, 3.8) is 0 Å². The summed E-state index contributed by atoms with van der Waals surface area (Å²) < 4.78 is 7.12. The number of carbonyl (C=O) groups excluding carboxylic acids is 1. The minimum absolute atomic E-state index is 0.0225. The summed E-state index contributed by atoms with van der Waals surface area (Å²) in [6.07, 6.45) is 2.51. The van der Waals surface area contributed by atoms with Crippen molar-refractivity contribution in [2.75, 3.05) is 32.8 Å². The van der Waals surface area contributed by atoms with Gasteiger partial charge in [-0.3, -0.25) is 0 Å². The zero-order valence-electron chi connectivity index (χ0n) is 14.2. The maximum absolute atomic E-state index is 12.1. The van der Waals surface area contributed by atoms with Crippen molar-refractivity contribution in [3.05, 3.63) is 41.3 Å². The van der Waals surface area contributed by atoms with E-state index in [0.717, 1.165) is 29.2 Å². The van der Waals surface area contributed by atoms with E-state index in [4.69, 9.17) is 4.74 Å². The Hall–Kier alpha value is -2.41. The Morgan fingerprint density at radius 3 is 2.79 bits per heavy atom. The molecule has 7 nitrogen and oxygen atoms in total. The van der Waals surface area contributed by atoms with E-state index in [1.54, 1.807) is 11.1 Å². The van der Waals surface area contributed by atoms with Crippen LogP contribution in [-0.4, -0.2) is 58.5 Å². The third-order valence-corrected chi connectivity index (χ3v) is 4.26. The van der Waals surface area contributed by atoms with Crippen LogP contribution in [0.3, 0.4) is 0 Å². The van der Waals surface area contributed by atoms with Crippen LogP contribution < -0.4 is 5.32 Å². The van der Waals surface area contributed by atoms with Gasteiger partial charge < -0.3 is 15.0 Å². The first-order chi connectivity index (χ1) is 11.7. The fourth-order valence-corrected chi connectivity index (χ4v) is 2.91. The Bertz CT molecular complexity index is 693. The zero-order valence-corrected chi connectivity index (χ0v) is 14.2. The number of rotatable bonds is 4. The summed E-state index contributed by atoms with van der Waals surface area (Å²) in [6, 6.07) is 5.74. The molecule has 7 heteroatoms. The number of amides is 2. The summed E-state index contributed by atoms with van der Waals surface area (Å²) in [5.41, 5.74) is 3.19. The van der Waals surface area contributed by atoms with Gasteiger partial charge in [0.1, 0.15) is 0 Å². The van der Waals surface area contributed by atoms with E-state index < -0.39 is 0 Å². The first-order valence-corrected chi connectivity index (χ1v) is 8.24. The van der Waals surface area contributed by atoms with Gasteiger partial charge in [-0.05, 0) is 38.0 Å². The smallest absolute Gasteiger partial charge is 0.317 e. The first-order valence-electron chi connectivity index (χ1n) is 8.24. The molecule has 0 aromatic carbocycles. The Morgan fingerprint density at radius 2 is 2.08 bits per heavy atom. The Morgan fingerprint density at radius 1 is 1.29 bits per heavy atom. The van der Waals surface area contributed by atoms with Gasteiger partial charge in [0.15, 0.2) is 5.82 Å². The van der Waals surface area contributed by atoms with Crippen LogP contribution in [0.2, 0.25) is 0 Å². The molecule has 3 rings (SSSR count). The Kier molecular flexibility index (Phi) is 5.10. The van der Waals surface area contributed by atoms with Crippen LogP contribution in [0.5, 0.6) is 0 Å². The van der Waals surface area contributed by atoms with Crippen LogP contribution >= 0.6 is 0 Å². The van der Waals surface area contributed by atoms with E-state index in [9.17, 15) is 4.79 Å². The number of urea groups is 1. The number of ether oxygens (including phenoxy) is 1. The highest BCUT2D eigenvalue weighted by Crippen LogP contribution is 2.16. The maximum Gasteiger partial charge on any atom is 0.317 e. The predicted octanol–water partition coefficient (Wildman–Crippen LogP) is 1.47. The molecular formula is C17H23N5O2. The molecule has 1 saturated heterocycles. The molecule has 1 N–H and O–H groups in total. The second-order valence-electron chi connectivity index (χ2n) is 5.83. The number of aromatic nitrogens is 3. The Balaban J connectivity index is 1.61. The predicted molar refractivity (Wildman–Crippen MR) is 90.3 cm³/mol. The van der Waals surface area contributed by atoms with E-state index in [2.05, 4.69) is 15.4 Å². The minimum Gasteiger partial charge on any atom is -0.378 e. The average molecular weight is 329 g/mol. The number of hydrogen-bond acceptors (Lipinski definition) is 4. The number of morpholine rings is 1. The van der Waals surface area contributed by atoms with Crippen LogP contribution in [0.4, 0.5) is 4.79 Å². The van der Waals surface area contributed by atoms with Crippen molar-refractivity contribution in [3.8, 4) is 5.82 Å². The number of nitrogens with one attached hydrogen (secondary N) is 1. The molecule has 0 unspecified atom stereocenters. The number of nitrogens with zero attached hydrogens (tertiary/aromatic N) is 4. The summed E-state index contributed by atoms with van der Waals surface area (Å²) in [4.78, 5) is 18.3. The largest absolute Gasteiger partial charge is 0.378 e. The van der Waals surface area contributed by atoms with Crippen LogP contribution in [0.15, 0.2) is 24.4 Å². The number of pyridine rings is 1. The van der Waals surface area contributed by atoms with E-state index in [-0.39, 0.29) is 6.03 Å². The van der Waals surface area contributed by atoms with Gasteiger partial charge in [0.2, 0.25) is 0 Å². The lowest BCUT2D eigenvalue weighted by Crippen LogP contribution is -2.46. The molecule has 0 radical (unpaired) electrons. The molecule has 3 heterocycles. The fraction of sp³-hybridized carbons (Fsp3) is 0.471. The lowest BCUT2D eigenvalue weighted by atomic mass is 10.1. The highest BCUT2D eigenvalue weighted by molar-refractivity contribution is 5.74. The molecule has 1 aliphatic heterocycles. The van der Waals surface area contributed by atoms with Gasteiger partial charge >= 0.3 is 6.03 Å². The van der Waals surface area contributed by atoms with Crippen molar-refractivity contribution >= 4 is 6.03 Å². The first kappa shape index (κ1) is 16.4. The lowest BCUT2D eigenvalue weighted by Gasteiger charge is -2.26. The van der Waals surface area contributed by atoms with Crippen LogP contribution in [0, 0.1) is 13.8 Å². The van der Waals surface area contributed by atoms with E-state index in [0.29, 0.717) is 32.8 Å². The van der Waals surface area contributed by atoms with Crippen molar-refractivity contribution < 1.29 is 9.53 Å². The van der Waals surface area contributed by atoms with Gasteiger partial charge in [-0.15, -0.1) is 0 Å². The van der Waals surface area contributed by atoms with Crippen molar-refractivity contribution in [2.45, 2.75) is 20.3 Å². The van der Waals surface area contributed by atoms with Gasteiger partial charge in [0.25, 0.3) is 0 Å². The minimum atomic E-state index is -0.0225. The van der Waals surface area contributed by atoms with E-state index >= 15 is 0 Å². The quantitative estimate of drug-likeness (QED) is 0.922. The van der Waals surface area contributed by atoms with Crippen LogP contribution in [0.25, 0.3) is 5.82 Å². The van der Waals surface area contributed by atoms with E-state index in [1.807, 2.05) is 36.7 Å². The standard InChI is InChI=1S/C17H23N5O2/c1-13-15(6-8-19-17(23)21-9-11-24-12-10-21)14(2)22(20-13)16-5-3-4-7-18-16/h3-5,7H,6,8-12H2,1-2H3,(H,19,23). The van der Waals surface area contributed by atoms with Gasteiger partial charge in [-0.1, -0.05) is 6.07 Å². The van der Waals surface area contributed by atoms with Gasteiger partial charge in [-0.2, -0.15) is 5.10 Å². The molecule has 0 aliphatic carbocycles. The monoisotopic (exact) mass is 329 g/mol. The molecule has 1 fully saturated rings. The number of carbonyl (C=O) groups is 1. The number of hydrogen-bond donors (Lipinski definition) is 1. The molecule has 0 bridgehead atoms. The summed E-state index contributed by atoms with van der Waals surface area (Å²) >= 11 is 0. The molecule has 0 spiro atoms. The molecule has 2 aromatic heterocycles. The van der Waals surface area contributed by atoms with Crippen LogP contribution in [0.1, 0.15) is 17.0 Å². The SMILES string of the molecule is Cc1nn(-c2ccccn2)c(C)c1CCNC(=O)N1CCOCC1. The second-order valence-corrected chi connectivity index (χ2v) is 5.83. The maximum atomic E-state index is 12.1. The van der Waals surface area contributed by atoms with E-state index in [1.165, 1.54) is 0 Å². The molecule has 128 valence electrons.